The van der Waals surface area contributed by atoms with Gasteiger partial charge in [-0.3, -0.25) is 0 Å². The second kappa shape index (κ2) is 7.05. The van der Waals surface area contributed by atoms with E-state index in [1.165, 1.54) is 17.8 Å². The standard InChI is InChI=1S/C21H20FN7/c22-16-8-6-15(7-9-16)18-14-24-20-25-21(26-29(20)19(18)23)28-12-10-27(11-13-28)17-4-2-1-3-5-17/h1-9,14H,10-13,23H2. The Kier molecular flexibility index (Phi) is 4.23. The van der Waals surface area contributed by atoms with E-state index in [0.29, 0.717) is 23.1 Å². The molecule has 0 amide bonds. The molecule has 0 spiro atoms. The Bertz CT molecular complexity index is 1130. The molecule has 0 aliphatic carbocycles. The Morgan fingerprint density at radius 1 is 0.862 bits per heavy atom. The van der Waals surface area contributed by atoms with Gasteiger partial charge in [0.05, 0.1) is 0 Å². The minimum absolute atomic E-state index is 0.293. The van der Waals surface area contributed by atoms with Crippen molar-refractivity contribution in [3.8, 4) is 11.1 Å². The van der Waals surface area contributed by atoms with Gasteiger partial charge < -0.3 is 15.5 Å². The predicted molar refractivity (Wildman–Crippen MR) is 111 cm³/mol. The summed E-state index contributed by atoms with van der Waals surface area (Å²) in [6, 6.07) is 16.5. The van der Waals surface area contributed by atoms with Gasteiger partial charge in [0.1, 0.15) is 11.6 Å². The summed E-state index contributed by atoms with van der Waals surface area (Å²) >= 11 is 0. The number of nitrogens with zero attached hydrogens (tertiary/aromatic N) is 6. The van der Waals surface area contributed by atoms with Gasteiger partial charge >= 0.3 is 0 Å². The van der Waals surface area contributed by atoms with Crippen molar-refractivity contribution in [2.75, 3.05) is 41.7 Å². The number of para-hydroxylation sites is 1. The molecular weight excluding hydrogens is 369 g/mol. The fraction of sp³-hybridized carbons (Fsp3) is 0.190. The molecule has 0 unspecified atom stereocenters. The summed E-state index contributed by atoms with van der Waals surface area (Å²) in [7, 11) is 0. The summed E-state index contributed by atoms with van der Waals surface area (Å²) in [5.41, 5.74) is 9.04. The van der Waals surface area contributed by atoms with Crippen molar-refractivity contribution < 1.29 is 4.39 Å². The number of anilines is 3. The molecule has 1 saturated heterocycles. The van der Waals surface area contributed by atoms with Gasteiger partial charge in [-0.1, -0.05) is 30.3 Å². The van der Waals surface area contributed by atoms with Crippen LogP contribution in [0.3, 0.4) is 0 Å². The Morgan fingerprint density at radius 3 is 2.28 bits per heavy atom. The van der Waals surface area contributed by atoms with Crippen LogP contribution >= 0.6 is 0 Å². The number of nitrogen functional groups attached to an aromatic ring is 1. The highest BCUT2D eigenvalue weighted by molar-refractivity contribution is 5.74. The molecule has 2 aromatic carbocycles. The van der Waals surface area contributed by atoms with E-state index in [-0.39, 0.29) is 5.82 Å². The predicted octanol–water partition coefficient (Wildman–Crippen LogP) is 2.84. The SMILES string of the molecule is Nc1c(-c2ccc(F)cc2)cnc2nc(N3CCN(c4ccccc4)CC3)nn12. The number of hydrogen-bond acceptors (Lipinski definition) is 6. The fourth-order valence-corrected chi connectivity index (χ4v) is 3.63. The molecule has 1 aliphatic heterocycles. The zero-order chi connectivity index (χ0) is 19.8. The van der Waals surface area contributed by atoms with Crippen LogP contribution in [0.15, 0.2) is 60.8 Å². The van der Waals surface area contributed by atoms with Crippen molar-refractivity contribution >= 4 is 23.2 Å². The maximum absolute atomic E-state index is 13.2. The van der Waals surface area contributed by atoms with E-state index >= 15 is 0 Å². The molecule has 1 aliphatic rings. The highest BCUT2D eigenvalue weighted by atomic mass is 19.1. The van der Waals surface area contributed by atoms with Gasteiger partial charge in [-0.25, -0.2) is 9.37 Å². The maximum atomic E-state index is 13.2. The van der Waals surface area contributed by atoms with Gasteiger partial charge in [0.15, 0.2) is 0 Å². The largest absolute Gasteiger partial charge is 0.383 e. The Balaban J connectivity index is 1.39. The first-order chi connectivity index (χ1) is 14.2. The molecule has 3 heterocycles. The smallest absolute Gasteiger partial charge is 0.255 e. The summed E-state index contributed by atoms with van der Waals surface area (Å²) in [4.78, 5) is 13.4. The molecule has 8 heteroatoms. The molecule has 0 radical (unpaired) electrons. The second-order valence-corrected chi connectivity index (χ2v) is 7.00. The van der Waals surface area contributed by atoms with Crippen LogP contribution < -0.4 is 15.5 Å². The normalized spacial score (nSPS) is 14.5. The molecule has 0 bridgehead atoms. The van der Waals surface area contributed by atoms with Gasteiger partial charge in [-0.05, 0) is 29.8 Å². The highest BCUT2D eigenvalue weighted by Gasteiger charge is 2.22. The molecule has 2 N–H and O–H groups in total. The van der Waals surface area contributed by atoms with Crippen molar-refractivity contribution in [1.82, 2.24) is 19.6 Å². The molecule has 7 nitrogen and oxygen atoms in total. The van der Waals surface area contributed by atoms with Gasteiger partial charge in [0, 0.05) is 43.6 Å². The molecule has 0 atom stereocenters. The number of aromatic nitrogens is 4. The molecule has 4 aromatic rings. The summed E-state index contributed by atoms with van der Waals surface area (Å²) in [6.45, 7) is 3.42. The maximum Gasteiger partial charge on any atom is 0.255 e. The minimum Gasteiger partial charge on any atom is -0.383 e. The van der Waals surface area contributed by atoms with Crippen LogP contribution in [0, 0.1) is 5.82 Å². The third kappa shape index (κ3) is 3.22. The van der Waals surface area contributed by atoms with Crippen LogP contribution in [0.4, 0.5) is 21.8 Å². The van der Waals surface area contributed by atoms with Crippen LogP contribution in [-0.4, -0.2) is 45.8 Å². The Morgan fingerprint density at radius 2 is 1.55 bits per heavy atom. The van der Waals surface area contributed by atoms with Crippen LogP contribution in [0.1, 0.15) is 0 Å². The van der Waals surface area contributed by atoms with Gasteiger partial charge in [0.25, 0.3) is 5.78 Å². The number of nitrogens with two attached hydrogens (primary N) is 1. The zero-order valence-electron chi connectivity index (χ0n) is 15.7. The number of fused-ring (bicyclic) bond motifs is 1. The quantitative estimate of drug-likeness (QED) is 0.581. The average molecular weight is 389 g/mol. The molecule has 146 valence electrons. The lowest BCUT2D eigenvalue weighted by atomic mass is 10.1. The number of piperazine rings is 1. The molecule has 5 rings (SSSR count). The molecular formula is C21H20FN7. The van der Waals surface area contributed by atoms with Crippen LogP contribution in [0.25, 0.3) is 16.9 Å². The van der Waals surface area contributed by atoms with E-state index < -0.39 is 0 Å². The van der Waals surface area contributed by atoms with Crippen molar-refractivity contribution in [1.29, 1.82) is 0 Å². The third-order valence-electron chi connectivity index (χ3n) is 5.23. The van der Waals surface area contributed by atoms with Crippen LogP contribution in [0.5, 0.6) is 0 Å². The third-order valence-corrected chi connectivity index (χ3v) is 5.23. The highest BCUT2D eigenvalue weighted by Crippen LogP contribution is 2.26. The number of rotatable bonds is 3. The molecule has 0 saturated carbocycles. The van der Waals surface area contributed by atoms with Gasteiger partial charge in [0.2, 0.25) is 5.95 Å². The lowest BCUT2D eigenvalue weighted by Crippen LogP contribution is -2.47. The fourth-order valence-electron chi connectivity index (χ4n) is 3.63. The number of hydrogen-bond donors (Lipinski definition) is 1. The summed E-state index contributed by atoms with van der Waals surface area (Å²) < 4.78 is 14.8. The lowest BCUT2D eigenvalue weighted by molar-refractivity contribution is 0.628. The summed E-state index contributed by atoms with van der Waals surface area (Å²) in [6.07, 6.45) is 1.66. The van der Waals surface area contributed by atoms with Crippen molar-refractivity contribution in [2.24, 2.45) is 0 Å². The van der Waals surface area contributed by atoms with E-state index in [1.54, 1.807) is 22.8 Å². The Labute approximate surface area is 167 Å². The van der Waals surface area contributed by atoms with Gasteiger partial charge in [-0.2, -0.15) is 9.50 Å². The Hall–Kier alpha value is -3.68. The van der Waals surface area contributed by atoms with E-state index in [2.05, 4.69) is 49.1 Å². The molecule has 2 aromatic heterocycles. The summed E-state index contributed by atoms with van der Waals surface area (Å²) in [5.74, 6) is 1.21. The number of halogens is 1. The minimum atomic E-state index is -0.293. The lowest BCUT2D eigenvalue weighted by Gasteiger charge is -2.35. The van der Waals surface area contributed by atoms with Crippen molar-refractivity contribution in [3.63, 3.8) is 0 Å². The van der Waals surface area contributed by atoms with E-state index in [0.717, 1.165) is 31.7 Å². The first kappa shape index (κ1) is 17.4. The summed E-state index contributed by atoms with van der Waals surface area (Å²) in [5, 5.41) is 4.59. The van der Waals surface area contributed by atoms with E-state index in [1.807, 2.05) is 6.07 Å². The monoisotopic (exact) mass is 389 g/mol. The van der Waals surface area contributed by atoms with Crippen molar-refractivity contribution in [2.45, 2.75) is 0 Å². The topological polar surface area (TPSA) is 75.6 Å². The molecule has 1 fully saturated rings. The zero-order valence-corrected chi connectivity index (χ0v) is 15.7. The first-order valence-electron chi connectivity index (χ1n) is 9.51. The van der Waals surface area contributed by atoms with Crippen molar-refractivity contribution in [3.05, 3.63) is 66.6 Å². The van der Waals surface area contributed by atoms with Crippen LogP contribution in [0.2, 0.25) is 0 Å². The number of benzene rings is 2. The van der Waals surface area contributed by atoms with Crippen LogP contribution in [-0.2, 0) is 0 Å². The average Bonchev–Trinajstić information content (AvgIpc) is 3.21. The van der Waals surface area contributed by atoms with E-state index in [9.17, 15) is 4.39 Å². The van der Waals surface area contributed by atoms with Gasteiger partial charge in [-0.15, -0.1) is 5.10 Å². The second-order valence-electron chi connectivity index (χ2n) is 7.00. The first-order valence-corrected chi connectivity index (χ1v) is 9.51. The van der Waals surface area contributed by atoms with E-state index in [4.69, 9.17) is 5.73 Å². The molecule has 29 heavy (non-hydrogen) atoms.